The molecule has 0 bridgehead atoms. The molecule has 3 aromatic rings. The van der Waals surface area contributed by atoms with Gasteiger partial charge in [-0.2, -0.15) is 5.10 Å². The van der Waals surface area contributed by atoms with Gasteiger partial charge in [-0.3, -0.25) is 9.67 Å². The van der Waals surface area contributed by atoms with Gasteiger partial charge in [0.15, 0.2) is 5.65 Å². The van der Waals surface area contributed by atoms with E-state index in [1.165, 1.54) is 36.7 Å². The maximum Gasteiger partial charge on any atom is 0.337 e. The van der Waals surface area contributed by atoms with Gasteiger partial charge in [-0.25, -0.2) is 14.8 Å². The molecule has 3 N–H and O–H groups in total. The molecule has 0 unspecified atom stereocenters. The van der Waals surface area contributed by atoms with E-state index in [1.807, 2.05) is 11.5 Å². The molecule has 4 rings (SSSR count). The Hall–Kier alpha value is -2.90. The minimum Gasteiger partial charge on any atom is -0.478 e. The topological polar surface area (TPSA) is 109 Å². The van der Waals surface area contributed by atoms with Crippen molar-refractivity contribution in [2.45, 2.75) is 52.1 Å². The fourth-order valence-corrected chi connectivity index (χ4v) is 3.60. The fourth-order valence-electron chi connectivity index (χ4n) is 3.60. The van der Waals surface area contributed by atoms with E-state index in [-0.39, 0.29) is 5.56 Å². The lowest BCUT2D eigenvalue weighted by Crippen LogP contribution is -2.09. The predicted octanol–water partition coefficient (Wildman–Crippen LogP) is 2.75. The minimum absolute atomic E-state index is 0.141. The lowest BCUT2D eigenvalue weighted by molar-refractivity contribution is 0.0696. The van der Waals surface area contributed by atoms with E-state index in [0.29, 0.717) is 30.2 Å². The number of rotatable bonds is 5. The molecule has 0 atom stereocenters. The van der Waals surface area contributed by atoms with E-state index in [9.17, 15) is 4.79 Å². The molecule has 3 aromatic heterocycles. The lowest BCUT2D eigenvalue weighted by atomic mass is 10.1. The lowest BCUT2D eigenvalue weighted by Gasteiger charge is -2.08. The molecule has 0 saturated heterocycles. The van der Waals surface area contributed by atoms with E-state index >= 15 is 0 Å². The highest BCUT2D eigenvalue weighted by Crippen LogP contribution is 2.23. The maximum atomic E-state index is 11.1. The van der Waals surface area contributed by atoms with Crippen LogP contribution in [0.25, 0.3) is 11.2 Å². The molecule has 3 heterocycles. The number of fused-ring (bicyclic) bond motifs is 2. The Bertz CT molecular complexity index is 958. The van der Waals surface area contributed by atoms with Crippen LogP contribution in [0.3, 0.4) is 0 Å². The molecule has 0 aromatic carbocycles. The van der Waals surface area contributed by atoms with Crippen molar-refractivity contribution in [3.8, 4) is 0 Å². The SMILES string of the molecule is CCn1c(NCc2n[nH]c3c2CCCCC3)nc2cc(C(=O)O)cnc21. The van der Waals surface area contributed by atoms with Crippen LogP contribution in [0.1, 0.15) is 53.5 Å². The Morgan fingerprint density at radius 1 is 1.35 bits per heavy atom. The predicted molar refractivity (Wildman–Crippen MR) is 97.3 cm³/mol. The molecule has 8 heteroatoms. The van der Waals surface area contributed by atoms with Gasteiger partial charge >= 0.3 is 5.97 Å². The van der Waals surface area contributed by atoms with E-state index in [0.717, 1.165) is 18.5 Å². The highest BCUT2D eigenvalue weighted by molar-refractivity contribution is 5.91. The molecule has 0 amide bonds. The van der Waals surface area contributed by atoms with Gasteiger partial charge in [0.05, 0.1) is 17.8 Å². The van der Waals surface area contributed by atoms with Crippen LogP contribution >= 0.6 is 0 Å². The summed E-state index contributed by atoms with van der Waals surface area (Å²) < 4.78 is 1.95. The molecule has 0 aliphatic heterocycles. The molecule has 1 aliphatic rings. The number of carboxylic acids is 1. The third-order valence-electron chi connectivity index (χ3n) is 4.95. The molecule has 0 spiro atoms. The molecule has 0 fully saturated rings. The summed E-state index contributed by atoms with van der Waals surface area (Å²) in [6, 6.07) is 1.56. The molecule has 136 valence electrons. The summed E-state index contributed by atoms with van der Waals surface area (Å²) in [5, 5.41) is 20.2. The van der Waals surface area contributed by atoms with Crippen LogP contribution in [0.2, 0.25) is 0 Å². The highest BCUT2D eigenvalue weighted by Gasteiger charge is 2.17. The number of carboxylic acid groups (broad SMARTS) is 1. The number of pyridine rings is 1. The fraction of sp³-hybridized carbons (Fsp3) is 0.444. The zero-order chi connectivity index (χ0) is 18.1. The van der Waals surface area contributed by atoms with Crippen molar-refractivity contribution in [1.29, 1.82) is 0 Å². The van der Waals surface area contributed by atoms with Crippen molar-refractivity contribution in [1.82, 2.24) is 24.7 Å². The normalized spacial score (nSPS) is 14.2. The number of aromatic amines is 1. The number of imidazole rings is 1. The number of hydrogen-bond acceptors (Lipinski definition) is 5. The Balaban J connectivity index is 1.61. The van der Waals surface area contributed by atoms with Crippen molar-refractivity contribution in [2.24, 2.45) is 0 Å². The number of H-pyrrole nitrogens is 1. The van der Waals surface area contributed by atoms with Gasteiger partial charge in [0, 0.05) is 18.4 Å². The first-order valence-electron chi connectivity index (χ1n) is 9.05. The molecule has 0 saturated carbocycles. The number of aromatic nitrogens is 5. The van der Waals surface area contributed by atoms with Gasteiger partial charge in [0.1, 0.15) is 5.52 Å². The van der Waals surface area contributed by atoms with Crippen molar-refractivity contribution in [3.05, 3.63) is 34.8 Å². The van der Waals surface area contributed by atoms with E-state index < -0.39 is 5.97 Å². The standard InChI is InChI=1S/C18H22N6O2/c1-2-24-16-14(8-11(9-19-16)17(25)26)21-18(24)20-10-15-12-6-4-3-5-7-13(12)22-23-15/h8-9H,2-7,10H2,1H3,(H,20,21)(H,22,23)(H,25,26). The summed E-state index contributed by atoms with van der Waals surface area (Å²) in [6.45, 7) is 3.29. The second kappa shape index (κ2) is 6.78. The first-order valence-corrected chi connectivity index (χ1v) is 9.05. The minimum atomic E-state index is -1.00. The number of nitrogens with one attached hydrogen (secondary N) is 2. The first kappa shape index (κ1) is 16.6. The summed E-state index contributed by atoms with van der Waals surface area (Å²) >= 11 is 0. The Labute approximate surface area is 150 Å². The van der Waals surface area contributed by atoms with E-state index in [1.54, 1.807) is 6.07 Å². The molecule has 8 nitrogen and oxygen atoms in total. The van der Waals surface area contributed by atoms with E-state index in [4.69, 9.17) is 5.11 Å². The summed E-state index contributed by atoms with van der Waals surface area (Å²) in [4.78, 5) is 20.0. The number of hydrogen-bond donors (Lipinski definition) is 3. The molecule has 0 radical (unpaired) electrons. The van der Waals surface area contributed by atoms with Crippen molar-refractivity contribution < 1.29 is 9.90 Å². The largest absolute Gasteiger partial charge is 0.478 e. The molecular formula is C18H22N6O2. The van der Waals surface area contributed by atoms with Crippen molar-refractivity contribution in [3.63, 3.8) is 0 Å². The quantitative estimate of drug-likeness (QED) is 0.608. The van der Waals surface area contributed by atoms with Gasteiger partial charge in [-0.05, 0) is 44.2 Å². The second-order valence-corrected chi connectivity index (χ2v) is 6.59. The number of nitrogens with zero attached hydrogens (tertiary/aromatic N) is 4. The third kappa shape index (κ3) is 2.91. The highest BCUT2D eigenvalue weighted by atomic mass is 16.4. The van der Waals surface area contributed by atoms with Crippen LogP contribution in [-0.2, 0) is 25.9 Å². The average Bonchev–Trinajstić information content (AvgIpc) is 3.10. The molecule has 1 aliphatic carbocycles. The maximum absolute atomic E-state index is 11.1. The molecular weight excluding hydrogens is 332 g/mol. The van der Waals surface area contributed by atoms with Gasteiger partial charge < -0.3 is 10.4 Å². The van der Waals surface area contributed by atoms with Crippen molar-refractivity contribution in [2.75, 3.05) is 5.32 Å². The summed E-state index contributed by atoms with van der Waals surface area (Å²) in [5.41, 5.74) is 5.03. The number of aryl methyl sites for hydroxylation is 2. The Kier molecular flexibility index (Phi) is 4.32. The zero-order valence-electron chi connectivity index (χ0n) is 14.7. The van der Waals surface area contributed by atoms with Crippen LogP contribution in [0.5, 0.6) is 0 Å². The van der Waals surface area contributed by atoms with Crippen molar-refractivity contribution >= 4 is 23.1 Å². The summed E-state index contributed by atoms with van der Waals surface area (Å²) in [7, 11) is 0. The monoisotopic (exact) mass is 354 g/mol. The zero-order valence-corrected chi connectivity index (χ0v) is 14.7. The Morgan fingerprint density at radius 3 is 3.00 bits per heavy atom. The van der Waals surface area contributed by atoms with E-state index in [2.05, 4.69) is 25.5 Å². The van der Waals surface area contributed by atoms with Gasteiger partial charge in [0.25, 0.3) is 0 Å². The van der Waals surface area contributed by atoms with Crippen LogP contribution in [0.4, 0.5) is 5.95 Å². The van der Waals surface area contributed by atoms with Gasteiger partial charge in [0.2, 0.25) is 5.95 Å². The Morgan fingerprint density at radius 2 is 2.19 bits per heavy atom. The number of carbonyl (C=O) groups is 1. The van der Waals surface area contributed by atoms with Crippen LogP contribution in [-0.4, -0.2) is 35.8 Å². The van der Waals surface area contributed by atoms with Crippen LogP contribution in [0.15, 0.2) is 12.3 Å². The van der Waals surface area contributed by atoms with Gasteiger partial charge in [-0.1, -0.05) is 6.42 Å². The second-order valence-electron chi connectivity index (χ2n) is 6.59. The van der Waals surface area contributed by atoms with Gasteiger partial charge in [-0.15, -0.1) is 0 Å². The van der Waals surface area contributed by atoms with Crippen LogP contribution in [0, 0.1) is 0 Å². The third-order valence-corrected chi connectivity index (χ3v) is 4.95. The summed E-state index contributed by atoms with van der Waals surface area (Å²) in [5.74, 6) is -0.318. The average molecular weight is 354 g/mol. The number of aromatic carboxylic acids is 1. The first-order chi connectivity index (χ1) is 12.7. The summed E-state index contributed by atoms with van der Waals surface area (Å²) in [6.07, 6.45) is 7.18. The number of anilines is 1. The molecule has 26 heavy (non-hydrogen) atoms. The van der Waals surface area contributed by atoms with Crippen LogP contribution < -0.4 is 5.32 Å². The smallest absolute Gasteiger partial charge is 0.337 e.